The highest BCUT2D eigenvalue weighted by molar-refractivity contribution is 8.00. The zero-order chi connectivity index (χ0) is 18.8. The van der Waals surface area contributed by atoms with Gasteiger partial charge in [0.1, 0.15) is 5.82 Å². The normalized spacial score (nSPS) is 10.4. The Hall–Kier alpha value is -1.86. The Morgan fingerprint density at radius 3 is 2.62 bits per heavy atom. The number of carbonyl (C=O) groups excluding carboxylic acids is 1. The third-order valence-corrected chi connectivity index (χ3v) is 5.51. The van der Waals surface area contributed by atoms with Gasteiger partial charge in [0.05, 0.1) is 20.0 Å². The standard InChI is InChI=1S/C19H22FNO3S2/c1-23-17-8-7-15(11-18(17)24-2)26-13-19(22)21-9-10-25-12-14-5-3-4-6-16(14)20/h3-8,11H,9-10,12-13H2,1-2H3,(H,21,22). The van der Waals surface area contributed by atoms with E-state index in [1.165, 1.54) is 17.8 Å². The van der Waals surface area contributed by atoms with Gasteiger partial charge >= 0.3 is 0 Å². The van der Waals surface area contributed by atoms with Crippen molar-refractivity contribution in [2.75, 3.05) is 32.3 Å². The smallest absolute Gasteiger partial charge is 0.230 e. The van der Waals surface area contributed by atoms with Crippen molar-refractivity contribution in [2.24, 2.45) is 0 Å². The second-order valence-corrected chi connectivity index (χ2v) is 7.45. The van der Waals surface area contributed by atoms with Crippen molar-refractivity contribution < 1.29 is 18.7 Å². The molecule has 26 heavy (non-hydrogen) atoms. The predicted molar refractivity (Wildman–Crippen MR) is 106 cm³/mol. The molecule has 0 unspecified atom stereocenters. The Kier molecular flexibility index (Phi) is 8.64. The number of carbonyl (C=O) groups is 1. The minimum absolute atomic E-state index is 0.0312. The Morgan fingerprint density at radius 1 is 1.12 bits per heavy atom. The molecular formula is C19H22FNO3S2. The molecule has 1 amide bonds. The number of nitrogens with one attached hydrogen (secondary N) is 1. The number of hydrogen-bond acceptors (Lipinski definition) is 5. The van der Waals surface area contributed by atoms with Crippen LogP contribution in [0, 0.1) is 5.82 Å². The zero-order valence-corrected chi connectivity index (χ0v) is 16.4. The van der Waals surface area contributed by atoms with Gasteiger partial charge in [-0.2, -0.15) is 11.8 Å². The van der Waals surface area contributed by atoms with E-state index in [9.17, 15) is 9.18 Å². The molecular weight excluding hydrogens is 373 g/mol. The third-order valence-electron chi connectivity index (χ3n) is 3.51. The van der Waals surface area contributed by atoms with E-state index < -0.39 is 0 Å². The molecule has 0 heterocycles. The fourth-order valence-electron chi connectivity index (χ4n) is 2.17. The van der Waals surface area contributed by atoms with Gasteiger partial charge in [0.2, 0.25) is 5.91 Å². The lowest BCUT2D eigenvalue weighted by atomic mass is 10.2. The Labute approximate surface area is 161 Å². The number of thioether (sulfide) groups is 2. The first-order valence-electron chi connectivity index (χ1n) is 8.06. The number of methoxy groups -OCH3 is 2. The molecule has 2 aromatic carbocycles. The molecule has 140 valence electrons. The van der Waals surface area contributed by atoms with Crippen LogP contribution in [0.25, 0.3) is 0 Å². The van der Waals surface area contributed by atoms with Gasteiger partial charge < -0.3 is 14.8 Å². The summed E-state index contributed by atoms with van der Waals surface area (Å²) >= 11 is 3.03. The summed E-state index contributed by atoms with van der Waals surface area (Å²) in [4.78, 5) is 12.9. The highest BCUT2D eigenvalue weighted by atomic mass is 32.2. The summed E-state index contributed by atoms with van der Waals surface area (Å²) < 4.78 is 23.9. The number of benzene rings is 2. The Bertz CT molecular complexity index is 728. The molecule has 7 heteroatoms. The zero-order valence-electron chi connectivity index (χ0n) is 14.8. The summed E-state index contributed by atoms with van der Waals surface area (Å²) in [5.41, 5.74) is 0.688. The molecule has 0 aliphatic rings. The van der Waals surface area contributed by atoms with E-state index in [1.807, 2.05) is 24.3 Å². The second-order valence-electron chi connectivity index (χ2n) is 5.30. The van der Waals surface area contributed by atoms with E-state index in [0.29, 0.717) is 35.1 Å². The van der Waals surface area contributed by atoms with Crippen molar-refractivity contribution >= 4 is 29.4 Å². The first-order chi connectivity index (χ1) is 12.6. The van der Waals surface area contributed by atoms with Gasteiger partial charge in [0.25, 0.3) is 0 Å². The first-order valence-corrected chi connectivity index (χ1v) is 10.2. The van der Waals surface area contributed by atoms with Crippen LogP contribution in [0.5, 0.6) is 11.5 Å². The highest BCUT2D eigenvalue weighted by Crippen LogP contribution is 2.31. The summed E-state index contributed by atoms with van der Waals surface area (Å²) in [6, 6.07) is 12.3. The van der Waals surface area contributed by atoms with Crippen LogP contribution in [-0.2, 0) is 10.5 Å². The summed E-state index contributed by atoms with van der Waals surface area (Å²) in [7, 11) is 3.17. The molecule has 1 N–H and O–H groups in total. The average Bonchev–Trinajstić information content (AvgIpc) is 2.67. The van der Waals surface area contributed by atoms with Crippen LogP contribution in [-0.4, -0.2) is 38.2 Å². The van der Waals surface area contributed by atoms with Crippen LogP contribution >= 0.6 is 23.5 Å². The molecule has 0 aliphatic carbocycles. The lowest BCUT2D eigenvalue weighted by molar-refractivity contribution is -0.118. The molecule has 0 spiro atoms. The van der Waals surface area contributed by atoms with E-state index in [1.54, 1.807) is 38.1 Å². The molecule has 0 aromatic heterocycles. The van der Waals surface area contributed by atoms with Crippen molar-refractivity contribution in [3.8, 4) is 11.5 Å². The maximum atomic E-state index is 13.5. The summed E-state index contributed by atoms with van der Waals surface area (Å²) in [5.74, 6) is 2.75. The SMILES string of the molecule is COc1ccc(SCC(=O)NCCSCc2ccccc2F)cc1OC. The quantitative estimate of drug-likeness (QED) is 0.487. The van der Waals surface area contributed by atoms with Crippen LogP contribution in [0.3, 0.4) is 0 Å². The van der Waals surface area contributed by atoms with Crippen molar-refractivity contribution in [2.45, 2.75) is 10.6 Å². The lowest BCUT2D eigenvalue weighted by Crippen LogP contribution is -2.27. The van der Waals surface area contributed by atoms with Crippen LogP contribution in [0.15, 0.2) is 47.4 Å². The van der Waals surface area contributed by atoms with Gasteiger partial charge in [-0.3, -0.25) is 4.79 Å². The fourth-order valence-corrected chi connectivity index (χ4v) is 3.77. The minimum Gasteiger partial charge on any atom is -0.493 e. The molecule has 0 saturated heterocycles. The maximum Gasteiger partial charge on any atom is 0.230 e. The van der Waals surface area contributed by atoms with E-state index >= 15 is 0 Å². The third kappa shape index (κ3) is 6.46. The number of rotatable bonds is 10. The van der Waals surface area contributed by atoms with Crippen LogP contribution in [0.4, 0.5) is 4.39 Å². The maximum absolute atomic E-state index is 13.5. The van der Waals surface area contributed by atoms with Gasteiger partial charge in [-0.1, -0.05) is 18.2 Å². The monoisotopic (exact) mass is 395 g/mol. The molecule has 0 fully saturated rings. The summed E-state index contributed by atoms with van der Waals surface area (Å²) in [6.07, 6.45) is 0. The molecule has 0 aliphatic heterocycles. The predicted octanol–water partition coefficient (Wildman–Crippen LogP) is 3.98. The number of ether oxygens (including phenoxy) is 2. The molecule has 0 bridgehead atoms. The van der Waals surface area contributed by atoms with Gasteiger partial charge in [-0.05, 0) is 29.8 Å². The van der Waals surface area contributed by atoms with Gasteiger partial charge in [0.15, 0.2) is 11.5 Å². The average molecular weight is 396 g/mol. The largest absolute Gasteiger partial charge is 0.493 e. The molecule has 4 nitrogen and oxygen atoms in total. The van der Waals surface area contributed by atoms with Gasteiger partial charge in [0, 0.05) is 22.9 Å². The number of amides is 1. The molecule has 0 radical (unpaired) electrons. The Morgan fingerprint density at radius 2 is 1.88 bits per heavy atom. The van der Waals surface area contributed by atoms with Crippen molar-refractivity contribution in [3.05, 3.63) is 53.8 Å². The first kappa shape index (κ1) is 20.5. The van der Waals surface area contributed by atoms with Crippen molar-refractivity contribution in [3.63, 3.8) is 0 Å². The molecule has 2 rings (SSSR count). The van der Waals surface area contributed by atoms with E-state index in [0.717, 1.165) is 10.6 Å². The van der Waals surface area contributed by atoms with E-state index in [2.05, 4.69) is 5.32 Å². The second kappa shape index (κ2) is 11.0. The molecule has 0 saturated carbocycles. The lowest BCUT2D eigenvalue weighted by Gasteiger charge is -2.09. The number of halogens is 1. The Balaban J connectivity index is 1.65. The molecule has 0 atom stereocenters. The van der Waals surface area contributed by atoms with Crippen molar-refractivity contribution in [1.29, 1.82) is 0 Å². The highest BCUT2D eigenvalue weighted by Gasteiger charge is 2.07. The van der Waals surface area contributed by atoms with Crippen LogP contribution in [0.1, 0.15) is 5.56 Å². The van der Waals surface area contributed by atoms with E-state index in [-0.39, 0.29) is 11.7 Å². The summed E-state index contributed by atoms with van der Waals surface area (Å²) in [5, 5.41) is 2.87. The van der Waals surface area contributed by atoms with Gasteiger partial charge in [-0.25, -0.2) is 4.39 Å². The van der Waals surface area contributed by atoms with Crippen LogP contribution in [0.2, 0.25) is 0 Å². The number of hydrogen-bond donors (Lipinski definition) is 1. The van der Waals surface area contributed by atoms with Crippen LogP contribution < -0.4 is 14.8 Å². The minimum atomic E-state index is -0.185. The molecule has 2 aromatic rings. The van der Waals surface area contributed by atoms with Crippen molar-refractivity contribution in [1.82, 2.24) is 5.32 Å². The topological polar surface area (TPSA) is 47.6 Å². The summed E-state index contributed by atoms with van der Waals surface area (Å²) in [6.45, 7) is 0.560. The van der Waals surface area contributed by atoms with E-state index in [4.69, 9.17) is 9.47 Å². The van der Waals surface area contributed by atoms with Gasteiger partial charge in [-0.15, -0.1) is 11.8 Å². The fraction of sp³-hybridized carbons (Fsp3) is 0.316.